The first-order valence-corrected chi connectivity index (χ1v) is 10.5. The second kappa shape index (κ2) is 7.82. The van der Waals surface area contributed by atoms with Crippen LogP contribution >= 0.6 is 11.3 Å². The third-order valence-corrected chi connectivity index (χ3v) is 6.54. The molecule has 2 aromatic rings. The fourth-order valence-corrected chi connectivity index (χ4v) is 4.92. The predicted octanol–water partition coefficient (Wildman–Crippen LogP) is 2.70. The van der Waals surface area contributed by atoms with Gasteiger partial charge < -0.3 is 15.5 Å². The Balaban J connectivity index is 1.50. The third-order valence-electron chi connectivity index (χ3n) is 5.69. The van der Waals surface area contributed by atoms with Gasteiger partial charge in [0.15, 0.2) is 0 Å². The highest BCUT2D eigenvalue weighted by molar-refractivity contribution is 7.12. The Kier molecular flexibility index (Phi) is 5.27. The van der Waals surface area contributed by atoms with Crippen molar-refractivity contribution in [2.24, 2.45) is 5.73 Å². The summed E-state index contributed by atoms with van der Waals surface area (Å²) in [4.78, 5) is 30.5. The first kappa shape index (κ1) is 18.2. The minimum Gasteiger partial charge on any atom is -0.339 e. The van der Waals surface area contributed by atoms with E-state index in [1.54, 1.807) is 4.90 Å². The van der Waals surface area contributed by atoms with Gasteiger partial charge in [0.2, 0.25) is 5.91 Å². The molecule has 3 atom stereocenters. The van der Waals surface area contributed by atoms with E-state index in [0.29, 0.717) is 24.5 Å². The number of carbonyl (C=O) groups excluding carboxylic acids is 2. The summed E-state index contributed by atoms with van der Waals surface area (Å²) >= 11 is 1.43. The molecule has 1 aromatic carbocycles. The summed E-state index contributed by atoms with van der Waals surface area (Å²) in [6.45, 7) is 1.83. The molecule has 6 heteroatoms. The lowest BCUT2D eigenvalue weighted by atomic mass is 9.95. The first-order chi connectivity index (χ1) is 13.1. The van der Waals surface area contributed by atoms with Crippen LogP contribution in [0.2, 0.25) is 0 Å². The van der Waals surface area contributed by atoms with Crippen LogP contribution in [0.25, 0.3) is 0 Å². The predicted molar refractivity (Wildman–Crippen MR) is 107 cm³/mol. The Morgan fingerprint density at radius 2 is 1.85 bits per heavy atom. The maximum Gasteiger partial charge on any atom is 0.264 e. The molecule has 2 N–H and O–H groups in total. The largest absolute Gasteiger partial charge is 0.339 e. The molecular formula is C21H25N3O2S. The minimum atomic E-state index is -0.366. The molecule has 2 amide bonds. The second-order valence-corrected chi connectivity index (χ2v) is 8.36. The van der Waals surface area contributed by atoms with E-state index >= 15 is 0 Å². The molecule has 0 radical (unpaired) electrons. The summed E-state index contributed by atoms with van der Waals surface area (Å²) in [5.41, 5.74) is 7.54. The molecule has 27 heavy (non-hydrogen) atoms. The number of amides is 2. The van der Waals surface area contributed by atoms with Gasteiger partial charge in [-0.1, -0.05) is 36.4 Å². The highest BCUT2D eigenvalue weighted by Gasteiger charge is 2.40. The van der Waals surface area contributed by atoms with Gasteiger partial charge in [0.1, 0.15) is 6.04 Å². The molecule has 0 aliphatic carbocycles. The van der Waals surface area contributed by atoms with Crippen molar-refractivity contribution in [2.75, 3.05) is 19.6 Å². The van der Waals surface area contributed by atoms with Crippen LogP contribution in [0.4, 0.5) is 0 Å². The normalized spacial score (nSPS) is 25.6. The van der Waals surface area contributed by atoms with Gasteiger partial charge in [-0.15, -0.1) is 11.3 Å². The lowest BCUT2D eigenvalue weighted by Crippen LogP contribution is -2.52. The van der Waals surface area contributed by atoms with Gasteiger partial charge in [-0.05, 0) is 36.3 Å². The number of likely N-dealkylation sites (tertiary alicyclic amines) is 2. The van der Waals surface area contributed by atoms with Crippen LogP contribution in [-0.4, -0.2) is 53.3 Å². The first-order valence-electron chi connectivity index (χ1n) is 9.59. The van der Waals surface area contributed by atoms with Crippen LogP contribution in [0.3, 0.4) is 0 Å². The number of hydrogen-bond acceptors (Lipinski definition) is 4. The number of nitrogens with zero attached hydrogens (tertiary/aromatic N) is 2. The lowest BCUT2D eigenvalue weighted by Gasteiger charge is -2.36. The lowest BCUT2D eigenvalue weighted by molar-refractivity contribution is -0.136. The SMILES string of the molecule is N[C@@H]1CN(C(=O)C2CCCCN2C(=O)c2cccs2)C[C@H]1c1ccccc1. The number of hydrogen-bond donors (Lipinski definition) is 1. The van der Waals surface area contributed by atoms with Crippen LogP contribution in [0, 0.1) is 0 Å². The molecule has 1 unspecified atom stereocenters. The Labute approximate surface area is 163 Å². The molecule has 142 valence electrons. The van der Waals surface area contributed by atoms with Gasteiger partial charge in [0.05, 0.1) is 4.88 Å². The van der Waals surface area contributed by atoms with Crippen molar-refractivity contribution in [2.45, 2.75) is 37.3 Å². The maximum absolute atomic E-state index is 13.3. The second-order valence-electron chi connectivity index (χ2n) is 7.41. The Bertz CT molecular complexity index is 793. The highest BCUT2D eigenvalue weighted by Crippen LogP contribution is 2.29. The Hall–Kier alpha value is -2.18. The number of thiophene rings is 1. The molecular weight excluding hydrogens is 358 g/mol. The fourth-order valence-electron chi connectivity index (χ4n) is 4.25. The zero-order chi connectivity index (χ0) is 18.8. The number of benzene rings is 1. The van der Waals surface area contributed by atoms with Gasteiger partial charge in [0, 0.05) is 31.6 Å². The van der Waals surface area contributed by atoms with Crippen molar-refractivity contribution >= 4 is 23.2 Å². The van der Waals surface area contributed by atoms with Gasteiger partial charge in [-0.25, -0.2) is 0 Å². The summed E-state index contributed by atoms with van der Waals surface area (Å²) < 4.78 is 0. The van der Waals surface area contributed by atoms with E-state index in [0.717, 1.165) is 19.3 Å². The summed E-state index contributed by atoms with van der Waals surface area (Å²) in [5.74, 6) is 0.180. The van der Waals surface area contributed by atoms with Crippen LogP contribution in [0.1, 0.15) is 40.4 Å². The van der Waals surface area contributed by atoms with E-state index < -0.39 is 0 Å². The van der Waals surface area contributed by atoms with Crippen molar-refractivity contribution < 1.29 is 9.59 Å². The molecule has 0 bridgehead atoms. The molecule has 2 fully saturated rings. The molecule has 5 nitrogen and oxygen atoms in total. The van der Waals surface area contributed by atoms with E-state index in [1.165, 1.54) is 16.9 Å². The summed E-state index contributed by atoms with van der Waals surface area (Å²) in [6.07, 6.45) is 2.66. The van der Waals surface area contributed by atoms with Crippen molar-refractivity contribution in [3.63, 3.8) is 0 Å². The summed E-state index contributed by atoms with van der Waals surface area (Å²) in [7, 11) is 0. The average Bonchev–Trinajstić information content (AvgIpc) is 3.37. The fraction of sp³-hybridized carbons (Fsp3) is 0.429. The summed E-state index contributed by atoms with van der Waals surface area (Å²) in [6, 6.07) is 13.4. The van der Waals surface area contributed by atoms with E-state index in [1.807, 2.05) is 40.6 Å². The molecule has 0 saturated carbocycles. The smallest absolute Gasteiger partial charge is 0.264 e. The zero-order valence-electron chi connectivity index (χ0n) is 15.3. The van der Waals surface area contributed by atoms with Crippen molar-refractivity contribution in [1.29, 1.82) is 0 Å². The van der Waals surface area contributed by atoms with Crippen molar-refractivity contribution in [3.8, 4) is 0 Å². The highest BCUT2D eigenvalue weighted by atomic mass is 32.1. The molecule has 2 saturated heterocycles. The zero-order valence-corrected chi connectivity index (χ0v) is 16.1. The van der Waals surface area contributed by atoms with Crippen LogP contribution < -0.4 is 5.73 Å². The van der Waals surface area contributed by atoms with Crippen molar-refractivity contribution in [3.05, 3.63) is 58.3 Å². The number of piperidine rings is 1. The van der Waals surface area contributed by atoms with E-state index in [4.69, 9.17) is 5.73 Å². The maximum atomic E-state index is 13.3. The van der Waals surface area contributed by atoms with Crippen LogP contribution in [-0.2, 0) is 4.79 Å². The number of nitrogens with two attached hydrogens (primary N) is 1. The third kappa shape index (κ3) is 3.64. The minimum absolute atomic E-state index is 0.0221. The van der Waals surface area contributed by atoms with Gasteiger partial charge in [-0.3, -0.25) is 9.59 Å². The molecule has 4 rings (SSSR count). The Morgan fingerprint density at radius 3 is 2.59 bits per heavy atom. The molecule has 0 spiro atoms. The standard InChI is InChI=1S/C21H25N3O2S/c22-17-14-23(13-16(17)15-7-2-1-3-8-15)20(25)18-9-4-5-11-24(18)21(26)19-10-6-12-27-19/h1-3,6-8,10,12,16-18H,4-5,9,11,13-14,22H2/t16-,17+,18?/m0/s1. The summed E-state index contributed by atoms with van der Waals surface area (Å²) in [5, 5.41) is 1.90. The van der Waals surface area contributed by atoms with E-state index in [-0.39, 0.29) is 29.8 Å². The van der Waals surface area contributed by atoms with E-state index in [2.05, 4.69) is 12.1 Å². The van der Waals surface area contributed by atoms with Crippen LogP contribution in [0.15, 0.2) is 47.8 Å². The van der Waals surface area contributed by atoms with Gasteiger partial charge in [0.25, 0.3) is 5.91 Å². The van der Waals surface area contributed by atoms with E-state index in [9.17, 15) is 9.59 Å². The molecule has 2 aliphatic rings. The monoisotopic (exact) mass is 383 g/mol. The number of rotatable bonds is 3. The number of carbonyl (C=O) groups is 2. The average molecular weight is 384 g/mol. The van der Waals surface area contributed by atoms with Gasteiger partial charge in [-0.2, -0.15) is 0 Å². The molecule has 3 heterocycles. The Morgan fingerprint density at radius 1 is 1.04 bits per heavy atom. The van der Waals surface area contributed by atoms with Crippen LogP contribution in [0.5, 0.6) is 0 Å². The van der Waals surface area contributed by atoms with Crippen molar-refractivity contribution in [1.82, 2.24) is 9.80 Å². The molecule has 2 aliphatic heterocycles. The molecule has 1 aromatic heterocycles. The topological polar surface area (TPSA) is 66.6 Å². The quantitative estimate of drug-likeness (QED) is 0.886. The van der Waals surface area contributed by atoms with Gasteiger partial charge >= 0.3 is 0 Å².